The summed E-state index contributed by atoms with van der Waals surface area (Å²) in [7, 11) is 4.60. The highest BCUT2D eigenvalue weighted by atomic mass is 16.6. The molecule has 2 N–H and O–H groups in total. The van der Waals surface area contributed by atoms with Crippen LogP contribution in [0.5, 0.6) is 17.2 Å². The van der Waals surface area contributed by atoms with Gasteiger partial charge < -0.3 is 24.1 Å². The topological polar surface area (TPSA) is 107 Å². The van der Waals surface area contributed by atoms with Crippen molar-refractivity contribution in [3.63, 3.8) is 0 Å². The second-order valence-electron chi connectivity index (χ2n) is 8.13. The lowest BCUT2D eigenvalue weighted by Crippen LogP contribution is -2.55. The van der Waals surface area contributed by atoms with Gasteiger partial charge in [0.25, 0.3) is 5.91 Å². The Bertz CT molecular complexity index is 1130. The maximum absolute atomic E-state index is 13.8. The smallest absolute Gasteiger partial charge is 0.429 e. The fourth-order valence-electron chi connectivity index (χ4n) is 3.81. The van der Waals surface area contributed by atoms with Gasteiger partial charge in [0.05, 0.1) is 34.0 Å². The van der Waals surface area contributed by atoms with E-state index in [1.165, 1.54) is 14.2 Å². The molecule has 3 rings (SSSR count). The number of rotatable bonds is 9. The number of hydrogen-bond acceptors (Lipinski definition) is 7. The van der Waals surface area contributed by atoms with Crippen LogP contribution in [0, 0.1) is 0 Å². The van der Waals surface area contributed by atoms with Gasteiger partial charge in [-0.25, -0.2) is 9.80 Å². The van der Waals surface area contributed by atoms with Gasteiger partial charge in [0.15, 0.2) is 5.60 Å². The molecule has 0 aliphatic carbocycles. The van der Waals surface area contributed by atoms with E-state index in [2.05, 4.69) is 5.43 Å². The molecule has 0 aromatic heterocycles. The van der Waals surface area contributed by atoms with E-state index in [-0.39, 0.29) is 17.7 Å². The minimum Gasteiger partial charge on any atom is -0.497 e. The molecular formula is C28H32N2O7. The minimum atomic E-state index is -2.16. The van der Waals surface area contributed by atoms with E-state index >= 15 is 0 Å². The Kier molecular flexibility index (Phi) is 8.97. The first kappa shape index (κ1) is 27.3. The third kappa shape index (κ3) is 5.95. The van der Waals surface area contributed by atoms with Gasteiger partial charge >= 0.3 is 6.09 Å². The van der Waals surface area contributed by atoms with Crippen molar-refractivity contribution < 1.29 is 33.6 Å². The lowest BCUT2D eigenvalue weighted by Gasteiger charge is -2.34. The monoisotopic (exact) mass is 508 g/mol. The lowest BCUT2D eigenvalue weighted by atomic mass is 9.85. The number of ether oxygens (including phenoxy) is 4. The average molecular weight is 509 g/mol. The van der Waals surface area contributed by atoms with E-state index in [1.54, 1.807) is 93.8 Å². The van der Waals surface area contributed by atoms with Crippen LogP contribution in [0.15, 0.2) is 72.8 Å². The molecule has 2 amide bonds. The summed E-state index contributed by atoms with van der Waals surface area (Å²) in [5.41, 5.74) is 1.70. The Morgan fingerprint density at radius 2 is 1.22 bits per heavy atom. The number of aliphatic hydroxyl groups is 1. The third-order valence-corrected chi connectivity index (χ3v) is 6.02. The molecule has 0 saturated heterocycles. The minimum absolute atomic E-state index is 0.0990. The zero-order chi connectivity index (χ0) is 27.0. The Labute approximate surface area is 216 Å². The van der Waals surface area contributed by atoms with E-state index in [1.807, 2.05) is 0 Å². The number of benzene rings is 3. The summed E-state index contributed by atoms with van der Waals surface area (Å²) >= 11 is 0. The van der Waals surface area contributed by atoms with Crippen LogP contribution in [0.4, 0.5) is 4.79 Å². The van der Waals surface area contributed by atoms with Gasteiger partial charge in [-0.15, -0.1) is 0 Å². The summed E-state index contributed by atoms with van der Waals surface area (Å²) < 4.78 is 20.9. The summed E-state index contributed by atoms with van der Waals surface area (Å²) in [5, 5.41) is 13.0. The molecule has 0 saturated carbocycles. The van der Waals surface area contributed by atoms with Gasteiger partial charge in [0, 0.05) is 0 Å². The van der Waals surface area contributed by atoms with Crippen molar-refractivity contribution in [3.8, 4) is 17.2 Å². The number of carbonyl (C=O) groups excluding carboxylic acids is 2. The molecule has 0 bridgehead atoms. The molecule has 1 atom stereocenters. The number of nitrogens with one attached hydrogen (secondary N) is 1. The number of methoxy groups -OCH3 is 3. The van der Waals surface area contributed by atoms with Crippen LogP contribution in [-0.2, 0) is 15.1 Å². The molecule has 0 aliphatic rings. The van der Waals surface area contributed by atoms with Gasteiger partial charge in [-0.2, -0.15) is 0 Å². The van der Waals surface area contributed by atoms with Gasteiger partial charge in [-0.05, 0) is 66.9 Å². The Morgan fingerprint density at radius 3 is 1.59 bits per heavy atom. The maximum Gasteiger partial charge on any atom is 0.429 e. The van der Waals surface area contributed by atoms with Gasteiger partial charge in [0.2, 0.25) is 0 Å². The van der Waals surface area contributed by atoms with E-state index in [9.17, 15) is 14.7 Å². The Balaban J connectivity index is 2.03. The molecule has 9 nitrogen and oxygen atoms in total. The third-order valence-electron chi connectivity index (χ3n) is 6.02. The summed E-state index contributed by atoms with van der Waals surface area (Å²) in [4.78, 5) is 26.8. The summed E-state index contributed by atoms with van der Waals surface area (Å²) in [5.74, 6) is 0.914. The first-order valence-electron chi connectivity index (χ1n) is 11.7. The maximum atomic E-state index is 13.8. The fraction of sp³-hybridized carbons (Fsp3) is 0.286. The quantitative estimate of drug-likeness (QED) is 0.417. The van der Waals surface area contributed by atoms with E-state index in [4.69, 9.17) is 18.9 Å². The number of nitrogens with zero attached hydrogens (tertiary/aromatic N) is 1. The van der Waals surface area contributed by atoms with Crippen molar-refractivity contribution in [3.05, 3.63) is 89.5 Å². The van der Waals surface area contributed by atoms with Gasteiger partial charge in [-0.3, -0.25) is 10.2 Å². The SMILES string of the molecule is CCOC(=O)N(NC(=O)C(O)(c1ccc(OC)cc1)c1ccc(OC)cc1)[C@@H](C)c1ccc(OC)cc1. The zero-order valence-electron chi connectivity index (χ0n) is 21.6. The van der Waals surface area contributed by atoms with E-state index < -0.39 is 23.6 Å². The molecule has 0 radical (unpaired) electrons. The van der Waals surface area contributed by atoms with Crippen LogP contribution in [0.1, 0.15) is 36.6 Å². The zero-order valence-corrected chi connectivity index (χ0v) is 21.6. The molecule has 0 heterocycles. The molecule has 0 fully saturated rings. The summed E-state index contributed by atoms with van der Waals surface area (Å²) in [6.45, 7) is 3.50. The molecule has 0 spiro atoms. The van der Waals surface area contributed by atoms with Crippen LogP contribution in [0.2, 0.25) is 0 Å². The predicted octanol–water partition coefficient (Wildman–Crippen LogP) is 4.20. The number of amides is 2. The van der Waals surface area contributed by atoms with Crippen LogP contribution in [0.3, 0.4) is 0 Å². The van der Waals surface area contributed by atoms with Crippen LogP contribution in [-0.4, -0.2) is 50.1 Å². The van der Waals surface area contributed by atoms with Gasteiger partial charge in [-0.1, -0.05) is 36.4 Å². The highest BCUT2D eigenvalue weighted by Gasteiger charge is 2.42. The van der Waals surface area contributed by atoms with Gasteiger partial charge in [0.1, 0.15) is 17.2 Å². The number of carbonyl (C=O) groups is 2. The van der Waals surface area contributed by atoms with E-state index in [0.717, 1.165) is 5.01 Å². The van der Waals surface area contributed by atoms with Crippen LogP contribution in [0.25, 0.3) is 0 Å². The lowest BCUT2D eigenvalue weighted by molar-refractivity contribution is -0.142. The van der Waals surface area contributed by atoms with Crippen LogP contribution < -0.4 is 19.6 Å². The fourth-order valence-corrected chi connectivity index (χ4v) is 3.81. The van der Waals surface area contributed by atoms with E-state index in [0.29, 0.717) is 22.8 Å². The highest BCUT2D eigenvalue weighted by Crippen LogP contribution is 2.33. The number of hydrogen-bond donors (Lipinski definition) is 2. The van der Waals surface area contributed by atoms with Crippen molar-refractivity contribution in [2.24, 2.45) is 0 Å². The standard InChI is InChI=1S/C28H32N2O7/c1-6-37-27(32)30(19(2)20-7-13-23(34-3)14-8-20)29-26(31)28(33,21-9-15-24(35-4)16-10-21)22-11-17-25(36-5)18-12-22/h7-19,33H,6H2,1-5H3,(H,29,31)/t19-/m0/s1. The Morgan fingerprint density at radius 1 is 0.811 bits per heavy atom. The normalized spacial score (nSPS) is 11.7. The second kappa shape index (κ2) is 12.1. The largest absolute Gasteiger partial charge is 0.497 e. The van der Waals surface area contributed by atoms with Crippen LogP contribution >= 0.6 is 0 Å². The molecular weight excluding hydrogens is 476 g/mol. The van der Waals surface area contributed by atoms with Crippen molar-refractivity contribution in [2.45, 2.75) is 25.5 Å². The molecule has 3 aromatic carbocycles. The highest BCUT2D eigenvalue weighted by molar-refractivity contribution is 5.91. The molecule has 9 heteroatoms. The Hall–Kier alpha value is -4.24. The van der Waals surface area contributed by atoms with Crippen molar-refractivity contribution in [2.75, 3.05) is 27.9 Å². The van der Waals surface area contributed by atoms with Crippen molar-refractivity contribution >= 4 is 12.0 Å². The predicted molar refractivity (Wildman–Crippen MR) is 137 cm³/mol. The molecule has 0 aliphatic heterocycles. The molecule has 3 aromatic rings. The van der Waals surface area contributed by atoms with Crippen molar-refractivity contribution in [1.29, 1.82) is 0 Å². The molecule has 196 valence electrons. The van der Waals surface area contributed by atoms with Crippen molar-refractivity contribution in [1.82, 2.24) is 10.4 Å². The second-order valence-corrected chi connectivity index (χ2v) is 8.13. The average Bonchev–Trinajstić information content (AvgIpc) is 2.95. The first-order chi connectivity index (χ1) is 17.8. The molecule has 37 heavy (non-hydrogen) atoms. The number of hydrazine groups is 1. The molecule has 0 unspecified atom stereocenters. The summed E-state index contributed by atoms with van der Waals surface area (Å²) in [6, 6.07) is 19.3. The summed E-state index contributed by atoms with van der Waals surface area (Å²) in [6.07, 6.45) is -0.772. The first-order valence-corrected chi connectivity index (χ1v) is 11.7.